The van der Waals surface area contributed by atoms with Gasteiger partial charge in [0.2, 0.25) is 0 Å². The first-order valence-corrected chi connectivity index (χ1v) is 5.81. The van der Waals surface area contributed by atoms with E-state index in [0.29, 0.717) is 5.56 Å². The average Bonchev–Trinajstić information content (AvgIpc) is 2.18. The third kappa shape index (κ3) is 3.20. The van der Waals surface area contributed by atoms with Crippen LogP contribution in [0.1, 0.15) is 10.4 Å². The van der Waals surface area contributed by atoms with Crippen molar-refractivity contribution >= 4 is 44.4 Å². The van der Waals surface area contributed by atoms with Gasteiger partial charge in [0.1, 0.15) is 6.67 Å². The highest BCUT2D eigenvalue weighted by molar-refractivity contribution is 14.1. The van der Waals surface area contributed by atoms with Gasteiger partial charge in [0.25, 0.3) is 5.91 Å². The van der Waals surface area contributed by atoms with Crippen molar-refractivity contribution in [2.24, 2.45) is 0 Å². The molecule has 1 amide bonds. The first kappa shape index (κ1) is 11.9. The van der Waals surface area contributed by atoms with Crippen molar-refractivity contribution in [3.05, 3.63) is 31.8 Å². The van der Waals surface area contributed by atoms with Crippen molar-refractivity contribution in [3.63, 3.8) is 0 Å². The van der Waals surface area contributed by atoms with Crippen molar-refractivity contribution in [2.45, 2.75) is 0 Å². The van der Waals surface area contributed by atoms with Gasteiger partial charge < -0.3 is 5.32 Å². The second-order valence-corrected chi connectivity index (χ2v) is 4.65. The zero-order chi connectivity index (χ0) is 10.6. The van der Waals surface area contributed by atoms with Gasteiger partial charge in [-0.05, 0) is 40.8 Å². The lowest BCUT2D eigenvalue weighted by Gasteiger charge is -2.05. The Balaban J connectivity index is 2.83. The maximum atomic E-state index is 11.8. The van der Waals surface area contributed by atoms with Crippen LogP contribution in [-0.2, 0) is 0 Å². The normalized spacial score (nSPS) is 9.93. The maximum absolute atomic E-state index is 11.8. The smallest absolute Gasteiger partial charge is 0.252 e. The Labute approximate surface area is 104 Å². The van der Waals surface area contributed by atoms with Crippen LogP contribution in [-0.4, -0.2) is 19.1 Å². The zero-order valence-corrected chi connectivity index (χ0v) is 10.9. The fourth-order valence-corrected chi connectivity index (χ4v) is 1.87. The lowest BCUT2D eigenvalue weighted by Crippen LogP contribution is -2.26. The van der Waals surface area contributed by atoms with Crippen molar-refractivity contribution in [3.8, 4) is 0 Å². The number of amides is 1. The maximum Gasteiger partial charge on any atom is 0.252 e. The molecule has 1 N–H and O–H groups in total. The molecule has 1 aromatic rings. The van der Waals surface area contributed by atoms with Crippen LogP contribution >= 0.6 is 38.5 Å². The summed E-state index contributed by atoms with van der Waals surface area (Å²) in [6, 6.07) is 5.40. The third-order valence-electron chi connectivity index (χ3n) is 1.55. The minimum Gasteiger partial charge on any atom is -0.349 e. The van der Waals surface area contributed by atoms with E-state index in [0.717, 1.165) is 8.04 Å². The van der Waals surface area contributed by atoms with E-state index in [1.54, 1.807) is 6.07 Å². The molecule has 0 radical (unpaired) electrons. The van der Waals surface area contributed by atoms with Crippen LogP contribution < -0.4 is 5.32 Å². The molecule has 2 nitrogen and oxygen atoms in total. The third-order valence-corrected chi connectivity index (χ3v) is 2.99. The molecule has 0 heterocycles. The molecule has 76 valence electrons. The van der Waals surface area contributed by atoms with Crippen LogP contribution in [0, 0.1) is 3.57 Å². The molecule has 5 heteroatoms. The fraction of sp³-hybridized carbons (Fsp3) is 0.222. The van der Waals surface area contributed by atoms with Gasteiger partial charge in [-0.3, -0.25) is 4.79 Å². The van der Waals surface area contributed by atoms with Crippen LogP contribution in [0.4, 0.5) is 4.39 Å². The molecular weight excluding hydrogens is 364 g/mol. The van der Waals surface area contributed by atoms with E-state index in [-0.39, 0.29) is 12.5 Å². The molecule has 0 aliphatic rings. The monoisotopic (exact) mass is 371 g/mol. The Hall–Kier alpha value is -0.170. The standard InChI is InChI=1S/C9H8BrFINO/c10-6-1-2-8(12)7(5-6)9(14)13-4-3-11/h1-2,5H,3-4H2,(H,13,14). The summed E-state index contributed by atoms with van der Waals surface area (Å²) in [5.74, 6) is -0.242. The average molecular weight is 372 g/mol. The van der Waals surface area contributed by atoms with Gasteiger partial charge in [0, 0.05) is 14.6 Å². The molecule has 0 spiro atoms. The molecule has 0 aliphatic carbocycles. The van der Waals surface area contributed by atoms with Gasteiger partial charge in [-0.15, -0.1) is 0 Å². The van der Waals surface area contributed by atoms with Crippen LogP contribution in [0.15, 0.2) is 22.7 Å². The molecule has 0 aromatic heterocycles. The van der Waals surface area contributed by atoms with Gasteiger partial charge >= 0.3 is 0 Å². The van der Waals surface area contributed by atoms with E-state index in [2.05, 4.69) is 43.8 Å². The van der Waals surface area contributed by atoms with Crippen LogP contribution in [0.5, 0.6) is 0 Å². The van der Waals surface area contributed by atoms with Crippen LogP contribution in [0.3, 0.4) is 0 Å². The minimum atomic E-state index is -0.545. The summed E-state index contributed by atoms with van der Waals surface area (Å²) < 4.78 is 13.5. The summed E-state index contributed by atoms with van der Waals surface area (Å²) in [6.07, 6.45) is 0. The highest BCUT2D eigenvalue weighted by Crippen LogP contribution is 2.18. The Kier molecular flexibility index (Phi) is 4.80. The summed E-state index contributed by atoms with van der Waals surface area (Å²) in [7, 11) is 0. The Morgan fingerprint density at radius 1 is 1.57 bits per heavy atom. The van der Waals surface area contributed by atoms with Crippen molar-refractivity contribution < 1.29 is 9.18 Å². The van der Waals surface area contributed by atoms with E-state index >= 15 is 0 Å². The first-order chi connectivity index (χ1) is 6.65. The minimum absolute atomic E-state index is 0.0570. The van der Waals surface area contributed by atoms with E-state index in [1.807, 2.05) is 12.1 Å². The summed E-state index contributed by atoms with van der Waals surface area (Å²) >= 11 is 5.34. The number of hydrogen-bond donors (Lipinski definition) is 1. The Bertz CT molecular complexity index is 346. The molecule has 0 aliphatic heterocycles. The predicted octanol–water partition coefficient (Wildman–Crippen LogP) is 2.75. The lowest BCUT2D eigenvalue weighted by molar-refractivity contribution is 0.0950. The number of halogens is 3. The van der Waals surface area contributed by atoms with Gasteiger partial charge in [-0.2, -0.15) is 0 Å². The second kappa shape index (κ2) is 5.65. The summed E-state index contributed by atoms with van der Waals surface area (Å²) in [5, 5.41) is 2.48. The number of carbonyl (C=O) groups is 1. The Morgan fingerprint density at radius 3 is 2.93 bits per heavy atom. The van der Waals surface area contributed by atoms with E-state index in [4.69, 9.17) is 0 Å². The SMILES string of the molecule is O=C(NCCF)c1cc(Br)ccc1I. The molecule has 0 saturated heterocycles. The number of rotatable bonds is 3. The summed E-state index contributed by atoms with van der Waals surface area (Å²) in [5.41, 5.74) is 0.563. The van der Waals surface area contributed by atoms with Crippen molar-refractivity contribution in [2.75, 3.05) is 13.2 Å². The van der Waals surface area contributed by atoms with E-state index in [1.165, 1.54) is 0 Å². The first-order valence-electron chi connectivity index (χ1n) is 3.94. The fourth-order valence-electron chi connectivity index (χ4n) is 0.928. The largest absolute Gasteiger partial charge is 0.349 e. The van der Waals surface area contributed by atoms with E-state index in [9.17, 15) is 9.18 Å². The second-order valence-electron chi connectivity index (χ2n) is 2.57. The molecule has 0 atom stereocenters. The number of hydrogen-bond acceptors (Lipinski definition) is 1. The number of carbonyl (C=O) groups excluding carboxylic acids is 1. The van der Waals surface area contributed by atoms with Gasteiger partial charge in [-0.1, -0.05) is 15.9 Å². The van der Waals surface area contributed by atoms with Gasteiger partial charge in [0.05, 0.1) is 5.56 Å². The number of nitrogens with one attached hydrogen (secondary N) is 1. The lowest BCUT2D eigenvalue weighted by atomic mass is 10.2. The topological polar surface area (TPSA) is 29.1 Å². The van der Waals surface area contributed by atoms with Gasteiger partial charge in [-0.25, -0.2) is 4.39 Å². The zero-order valence-electron chi connectivity index (χ0n) is 7.19. The van der Waals surface area contributed by atoms with Crippen LogP contribution in [0.2, 0.25) is 0 Å². The number of benzene rings is 1. The van der Waals surface area contributed by atoms with Gasteiger partial charge in [0.15, 0.2) is 0 Å². The summed E-state index contributed by atoms with van der Waals surface area (Å²) in [4.78, 5) is 11.5. The molecular formula is C9H8BrFINO. The quantitative estimate of drug-likeness (QED) is 0.813. The highest BCUT2D eigenvalue weighted by Gasteiger charge is 2.09. The summed E-state index contributed by atoms with van der Waals surface area (Å²) in [6.45, 7) is -0.488. The molecule has 0 fully saturated rings. The van der Waals surface area contributed by atoms with Crippen molar-refractivity contribution in [1.82, 2.24) is 5.32 Å². The molecule has 1 rings (SSSR count). The Morgan fingerprint density at radius 2 is 2.29 bits per heavy atom. The molecule has 14 heavy (non-hydrogen) atoms. The number of alkyl halides is 1. The van der Waals surface area contributed by atoms with E-state index < -0.39 is 6.67 Å². The highest BCUT2D eigenvalue weighted by atomic mass is 127. The van der Waals surface area contributed by atoms with Crippen molar-refractivity contribution in [1.29, 1.82) is 0 Å². The van der Waals surface area contributed by atoms with Crippen LogP contribution in [0.25, 0.3) is 0 Å². The molecule has 0 unspecified atom stereocenters. The molecule has 0 saturated carbocycles. The predicted molar refractivity (Wildman–Crippen MR) is 65.2 cm³/mol. The molecule has 0 bridgehead atoms. The molecule has 1 aromatic carbocycles.